The smallest absolute Gasteiger partial charge is 0.311 e. The van der Waals surface area contributed by atoms with E-state index in [0.29, 0.717) is 12.8 Å². The number of methoxy groups -OCH3 is 1. The number of carbonyl (C=O) groups is 1. The Bertz CT molecular complexity index is 345. The molecular weight excluding hydrogens is 254 g/mol. The van der Waals surface area contributed by atoms with Gasteiger partial charge in [-0.25, -0.2) is 0 Å². The molecule has 0 aliphatic heterocycles. The number of hydrogen-bond acceptors (Lipinski definition) is 4. The van der Waals surface area contributed by atoms with Crippen LogP contribution in [0.15, 0.2) is 30.3 Å². The molecule has 1 aromatic rings. The quantitative estimate of drug-likeness (QED) is 0.763. The maximum absolute atomic E-state index is 11.3. The van der Waals surface area contributed by atoms with E-state index in [1.165, 1.54) is 7.11 Å². The fraction of sp³-hybridized carbons (Fsp3) is 0.462. The van der Waals surface area contributed by atoms with E-state index >= 15 is 0 Å². The molecule has 18 heavy (non-hydrogen) atoms. The van der Waals surface area contributed by atoms with Crippen LogP contribution in [0.3, 0.4) is 0 Å². The van der Waals surface area contributed by atoms with E-state index in [1.807, 2.05) is 30.3 Å². The Kier molecular flexibility index (Phi) is 8.37. The average Bonchev–Trinajstić information content (AvgIpc) is 2.36. The maximum atomic E-state index is 11.3. The normalized spacial score (nSPS) is 13.3. The summed E-state index contributed by atoms with van der Waals surface area (Å²) in [4.78, 5) is 11.3. The van der Waals surface area contributed by atoms with Crippen molar-refractivity contribution in [1.82, 2.24) is 0 Å². The van der Waals surface area contributed by atoms with E-state index in [9.17, 15) is 4.79 Å². The third-order valence-corrected chi connectivity index (χ3v) is 2.68. The molecule has 1 rings (SSSR count). The molecule has 0 amide bonds. The molecule has 5 heteroatoms. The Morgan fingerprint density at radius 1 is 1.39 bits per heavy atom. The van der Waals surface area contributed by atoms with Crippen LogP contribution in [-0.4, -0.2) is 30.8 Å². The highest BCUT2D eigenvalue weighted by Gasteiger charge is 2.21. The lowest BCUT2D eigenvalue weighted by Gasteiger charge is -2.17. The number of carbonyl (C=O) groups excluding carboxylic acids is 1. The van der Waals surface area contributed by atoms with E-state index in [4.69, 9.17) is 10.8 Å². The van der Waals surface area contributed by atoms with Crippen LogP contribution in [0.1, 0.15) is 12.0 Å². The van der Waals surface area contributed by atoms with Crippen molar-refractivity contribution < 1.29 is 14.6 Å². The number of hydrogen-bond donors (Lipinski definition) is 2. The molecule has 3 N–H and O–H groups in total. The second-order valence-electron chi connectivity index (χ2n) is 4.09. The standard InChI is InChI=1S/C13H19NO3.ClH/c1-17-13(16)11(9-15)8-12(14)7-10-5-3-2-4-6-10;/h2-6,11-12,15H,7-9,14H2,1H3;1H. The van der Waals surface area contributed by atoms with Crippen molar-refractivity contribution in [2.24, 2.45) is 11.7 Å². The van der Waals surface area contributed by atoms with Gasteiger partial charge in [0.15, 0.2) is 0 Å². The predicted molar refractivity (Wildman–Crippen MR) is 72.6 cm³/mol. The van der Waals surface area contributed by atoms with Gasteiger partial charge in [-0.05, 0) is 18.4 Å². The van der Waals surface area contributed by atoms with Crippen molar-refractivity contribution in [1.29, 1.82) is 0 Å². The van der Waals surface area contributed by atoms with Gasteiger partial charge in [0, 0.05) is 6.04 Å². The van der Waals surface area contributed by atoms with Crippen molar-refractivity contribution in [3.63, 3.8) is 0 Å². The number of aliphatic hydroxyl groups is 1. The van der Waals surface area contributed by atoms with Gasteiger partial charge in [0.1, 0.15) is 0 Å². The monoisotopic (exact) mass is 273 g/mol. The minimum absolute atomic E-state index is 0. The zero-order chi connectivity index (χ0) is 12.7. The van der Waals surface area contributed by atoms with E-state index in [1.54, 1.807) is 0 Å². The highest BCUT2D eigenvalue weighted by Crippen LogP contribution is 2.11. The first-order chi connectivity index (χ1) is 8.17. The van der Waals surface area contributed by atoms with Crippen LogP contribution < -0.4 is 5.73 Å². The number of aliphatic hydroxyl groups excluding tert-OH is 1. The average molecular weight is 274 g/mol. The van der Waals surface area contributed by atoms with Crippen LogP contribution in [0, 0.1) is 5.92 Å². The third kappa shape index (κ3) is 5.49. The topological polar surface area (TPSA) is 72.5 Å². The maximum Gasteiger partial charge on any atom is 0.311 e. The molecule has 0 fully saturated rings. The molecule has 0 saturated carbocycles. The molecule has 0 heterocycles. The first kappa shape index (κ1) is 16.9. The molecule has 0 bridgehead atoms. The summed E-state index contributed by atoms with van der Waals surface area (Å²) in [6.07, 6.45) is 1.12. The van der Waals surface area contributed by atoms with Gasteiger partial charge in [0.25, 0.3) is 0 Å². The fourth-order valence-corrected chi connectivity index (χ4v) is 1.78. The lowest BCUT2D eigenvalue weighted by Crippen LogP contribution is -2.31. The number of halogens is 1. The Hall–Kier alpha value is -1.10. The Morgan fingerprint density at radius 2 is 2.00 bits per heavy atom. The van der Waals surface area contributed by atoms with Gasteiger partial charge in [-0.1, -0.05) is 30.3 Å². The van der Waals surface area contributed by atoms with Gasteiger partial charge in [0.2, 0.25) is 0 Å². The summed E-state index contributed by atoms with van der Waals surface area (Å²) in [6, 6.07) is 9.67. The van der Waals surface area contributed by atoms with Crippen LogP contribution in [-0.2, 0) is 16.0 Å². The summed E-state index contributed by atoms with van der Waals surface area (Å²) < 4.78 is 4.60. The van der Waals surface area contributed by atoms with Gasteiger partial charge in [-0.2, -0.15) is 0 Å². The molecule has 0 saturated heterocycles. The zero-order valence-corrected chi connectivity index (χ0v) is 11.2. The van der Waals surface area contributed by atoms with Crippen molar-refractivity contribution >= 4 is 18.4 Å². The molecule has 0 aliphatic carbocycles. The molecule has 0 radical (unpaired) electrons. The number of benzene rings is 1. The fourth-order valence-electron chi connectivity index (χ4n) is 1.78. The highest BCUT2D eigenvalue weighted by molar-refractivity contribution is 5.85. The minimum atomic E-state index is -0.529. The van der Waals surface area contributed by atoms with E-state index in [-0.39, 0.29) is 25.1 Å². The molecule has 0 aliphatic rings. The van der Waals surface area contributed by atoms with Gasteiger partial charge < -0.3 is 15.6 Å². The first-order valence-corrected chi connectivity index (χ1v) is 5.65. The Morgan fingerprint density at radius 3 is 2.50 bits per heavy atom. The van der Waals surface area contributed by atoms with Crippen LogP contribution in [0.2, 0.25) is 0 Å². The highest BCUT2D eigenvalue weighted by atomic mass is 35.5. The summed E-state index contributed by atoms with van der Waals surface area (Å²) in [7, 11) is 1.31. The molecular formula is C13H20ClNO3. The van der Waals surface area contributed by atoms with Crippen LogP contribution in [0.25, 0.3) is 0 Å². The predicted octanol–water partition coefficient (Wildman–Crippen LogP) is 1.15. The van der Waals surface area contributed by atoms with Crippen LogP contribution in [0.5, 0.6) is 0 Å². The molecule has 2 unspecified atom stereocenters. The van der Waals surface area contributed by atoms with E-state index in [0.717, 1.165) is 5.56 Å². The molecule has 102 valence electrons. The lowest BCUT2D eigenvalue weighted by molar-refractivity contribution is -0.147. The molecule has 2 atom stereocenters. The number of ether oxygens (including phenoxy) is 1. The number of rotatable bonds is 6. The van der Waals surface area contributed by atoms with Gasteiger partial charge >= 0.3 is 5.97 Å². The summed E-state index contributed by atoms with van der Waals surface area (Å²) in [6.45, 7) is -0.227. The molecule has 0 spiro atoms. The van der Waals surface area contributed by atoms with Crippen LogP contribution in [0.4, 0.5) is 0 Å². The lowest BCUT2D eigenvalue weighted by atomic mass is 9.96. The largest absolute Gasteiger partial charge is 0.469 e. The number of esters is 1. The van der Waals surface area contributed by atoms with Crippen LogP contribution >= 0.6 is 12.4 Å². The van der Waals surface area contributed by atoms with Gasteiger partial charge in [0.05, 0.1) is 19.6 Å². The summed E-state index contributed by atoms with van der Waals surface area (Å²) in [5, 5.41) is 9.09. The summed E-state index contributed by atoms with van der Waals surface area (Å²) in [5.41, 5.74) is 7.08. The zero-order valence-electron chi connectivity index (χ0n) is 10.4. The Labute approximate surface area is 114 Å². The molecule has 4 nitrogen and oxygen atoms in total. The second-order valence-corrected chi connectivity index (χ2v) is 4.09. The SMILES string of the molecule is COC(=O)C(CO)CC(N)Cc1ccccc1.Cl. The van der Waals surface area contributed by atoms with Gasteiger partial charge in [-0.3, -0.25) is 4.79 Å². The summed E-state index contributed by atoms with van der Waals surface area (Å²) in [5.74, 6) is -0.935. The van der Waals surface area contributed by atoms with E-state index in [2.05, 4.69) is 4.74 Å². The van der Waals surface area contributed by atoms with Gasteiger partial charge in [-0.15, -0.1) is 12.4 Å². The van der Waals surface area contributed by atoms with Crippen molar-refractivity contribution in [3.8, 4) is 0 Å². The Balaban J connectivity index is 0.00000289. The third-order valence-electron chi connectivity index (χ3n) is 2.68. The van der Waals surface area contributed by atoms with Crippen molar-refractivity contribution in [2.75, 3.05) is 13.7 Å². The van der Waals surface area contributed by atoms with E-state index < -0.39 is 11.9 Å². The van der Waals surface area contributed by atoms with Crippen molar-refractivity contribution in [3.05, 3.63) is 35.9 Å². The molecule has 1 aromatic carbocycles. The second kappa shape index (κ2) is 8.91. The van der Waals surface area contributed by atoms with Crippen molar-refractivity contribution in [2.45, 2.75) is 18.9 Å². The summed E-state index contributed by atoms with van der Waals surface area (Å²) >= 11 is 0. The number of nitrogens with two attached hydrogens (primary N) is 1. The minimum Gasteiger partial charge on any atom is -0.469 e. The molecule has 0 aromatic heterocycles. The first-order valence-electron chi connectivity index (χ1n) is 5.65.